The van der Waals surface area contributed by atoms with Crippen LogP contribution in [0.2, 0.25) is 0 Å². The molecule has 1 aromatic carbocycles. The number of fused-ring (bicyclic) bond motifs is 1. The van der Waals surface area contributed by atoms with Crippen molar-refractivity contribution in [3.63, 3.8) is 0 Å². The molecule has 3 heterocycles. The maximum Gasteiger partial charge on any atom is 0.306 e. The fourth-order valence-corrected chi connectivity index (χ4v) is 3.93. The van der Waals surface area contributed by atoms with E-state index in [1.54, 1.807) is 11.3 Å². The van der Waals surface area contributed by atoms with Crippen molar-refractivity contribution in [3.05, 3.63) is 36.0 Å². The van der Waals surface area contributed by atoms with Gasteiger partial charge in [0.1, 0.15) is 0 Å². The van der Waals surface area contributed by atoms with Crippen molar-refractivity contribution >= 4 is 27.4 Å². The average Bonchev–Trinajstić information content (AvgIpc) is 3.14. The highest BCUT2D eigenvalue weighted by molar-refractivity contribution is 7.20. The second-order valence-electron chi connectivity index (χ2n) is 6.20. The van der Waals surface area contributed by atoms with Crippen LogP contribution < -0.4 is 4.90 Å². The first-order valence-electron chi connectivity index (χ1n) is 8.01. The molecule has 0 unspecified atom stereocenters. The Labute approximate surface area is 143 Å². The summed E-state index contributed by atoms with van der Waals surface area (Å²) in [4.78, 5) is 18.7. The van der Waals surface area contributed by atoms with Crippen molar-refractivity contribution in [3.8, 4) is 11.3 Å². The molecule has 2 aromatic heterocycles. The Bertz CT molecular complexity index is 844. The Morgan fingerprint density at radius 3 is 2.58 bits per heavy atom. The molecule has 6 nitrogen and oxygen atoms in total. The quantitative estimate of drug-likeness (QED) is 0.792. The third kappa shape index (κ3) is 2.75. The molecule has 1 fully saturated rings. The molecule has 3 aromatic rings. The van der Waals surface area contributed by atoms with Crippen LogP contribution in [0.5, 0.6) is 0 Å². The number of carboxylic acids is 1. The number of imidazole rings is 1. The second-order valence-corrected chi connectivity index (χ2v) is 7.14. The molecule has 124 valence electrons. The molecule has 0 aliphatic carbocycles. The molecule has 0 amide bonds. The third-order valence-corrected chi connectivity index (χ3v) is 5.48. The van der Waals surface area contributed by atoms with Crippen molar-refractivity contribution in [2.45, 2.75) is 19.8 Å². The fourth-order valence-electron chi connectivity index (χ4n) is 3.00. The van der Waals surface area contributed by atoms with E-state index in [4.69, 9.17) is 5.11 Å². The molecule has 1 saturated heterocycles. The van der Waals surface area contributed by atoms with Crippen molar-refractivity contribution in [2.24, 2.45) is 5.92 Å². The van der Waals surface area contributed by atoms with Crippen LogP contribution in [-0.4, -0.2) is 38.8 Å². The number of piperidine rings is 1. The lowest BCUT2D eigenvalue weighted by molar-refractivity contribution is -0.142. The molecule has 4 rings (SSSR count). The van der Waals surface area contributed by atoms with E-state index < -0.39 is 5.97 Å². The summed E-state index contributed by atoms with van der Waals surface area (Å²) in [5, 5.41) is 14.6. The molecular formula is C17H18N4O2S. The van der Waals surface area contributed by atoms with E-state index in [2.05, 4.69) is 46.2 Å². The maximum absolute atomic E-state index is 11.0. The summed E-state index contributed by atoms with van der Waals surface area (Å²) in [7, 11) is 0. The first-order chi connectivity index (χ1) is 11.6. The number of benzene rings is 1. The number of rotatable bonds is 3. The SMILES string of the molecule is Cc1ccc(-c2cn3nc(N4CCC(C(=O)O)CC4)sc3n2)cc1. The smallest absolute Gasteiger partial charge is 0.306 e. The van der Waals surface area contributed by atoms with Gasteiger partial charge in [0.25, 0.3) is 0 Å². The van der Waals surface area contributed by atoms with Gasteiger partial charge >= 0.3 is 5.97 Å². The van der Waals surface area contributed by atoms with Crippen molar-refractivity contribution in [1.82, 2.24) is 14.6 Å². The van der Waals surface area contributed by atoms with E-state index in [1.807, 2.05) is 10.7 Å². The third-order valence-electron chi connectivity index (χ3n) is 4.49. The van der Waals surface area contributed by atoms with E-state index in [0.717, 1.165) is 34.4 Å². The highest BCUT2D eigenvalue weighted by Gasteiger charge is 2.26. The highest BCUT2D eigenvalue weighted by atomic mass is 32.1. The number of aryl methyl sites for hydroxylation is 1. The van der Waals surface area contributed by atoms with Gasteiger partial charge in [-0.05, 0) is 19.8 Å². The minimum absolute atomic E-state index is 0.224. The zero-order valence-electron chi connectivity index (χ0n) is 13.3. The summed E-state index contributed by atoms with van der Waals surface area (Å²) in [5.74, 6) is -0.912. The number of anilines is 1. The summed E-state index contributed by atoms with van der Waals surface area (Å²) >= 11 is 1.55. The normalized spacial score (nSPS) is 16.0. The molecule has 24 heavy (non-hydrogen) atoms. The van der Waals surface area contributed by atoms with Gasteiger partial charge in [-0.3, -0.25) is 4.79 Å². The van der Waals surface area contributed by atoms with Crippen molar-refractivity contribution in [1.29, 1.82) is 0 Å². The first-order valence-corrected chi connectivity index (χ1v) is 8.83. The van der Waals surface area contributed by atoms with Crippen LogP contribution in [0.3, 0.4) is 0 Å². The van der Waals surface area contributed by atoms with E-state index in [-0.39, 0.29) is 5.92 Å². The van der Waals surface area contributed by atoms with Gasteiger partial charge in [0.15, 0.2) is 0 Å². The Balaban J connectivity index is 1.54. The van der Waals surface area contributed by atoms with Gasteiger partial charge in [-0.15, -0.1) is 5.10 Å². The first kappa shape index (κ1) is 15.1. The summed E-state index contributed by atoms with van der Waals surface area (Å²) in [5.41, 5.74) is 3.23. The van der Waals surface area contributed by atoms with Crippen molar-refractivity contribution < 1.29 is 9.90 Å². The molecule has 1 N–H and O–H groups in total. The number of carbonyl (C=O) groups is 1. The molecule has 0 radical (unpaired) electrons. The van der Waals surface area contributed by atoms with E-state index in [9.17, 15) is 4.79 Å². The van der Waals surface area contributed by atoms with Crippen LogP contribution in [0.4, 0.5) is 5.13 Å². The molecule has 1 aliphatic rings. The van der Waals surface area contributed by atoms with Gasteiger partial charge in [-0.25, -0.2) is 9.50 Å². The number of hydrogen-bond acceptors (Lipinski definition) is 5. The van der Waals surface area contributed by atoms with Gasteiger partial charge in [0.2, 0.25) is 10.1 Å². The average molecular weight is 342 g/mol. The standard InChI is InChI=1S/C17H18N4O2S/c1-11-2-4-12(5-3-11)14-10-21-16(18-14)24-17(19-21)20-8-6-13(7-9-20)15(22)23/h2-5,10,13H,6-9H2,1H3,(H,22,23). The monoisotopic (exact) mass is 342 g/mol. The van der Waals surface area contributed by atoms with Crippen LogP contribution in [0.25, 0.3) is 16.2 Å². The van der Waals surface area contributed by atoms with Crippen LogP contribution in [0, 0.1) is 12.8 Å². The predicted molar refractivity (Wildman–Crippen MR) is 93.6 cm³/mol. The van der Waals surface area contributed by atoms with Gasteiger partial charge in [-0.1, -0.05) is 41.2 Å². The number of hydrogen-bond donors (Lipinski definition) is 1. The zero-order valence-corrected chi connectivity index (χ0v) is 14.2. The van der Waals surface area contributed by atoms with Crippen LogP contribution in [-0.2, 0) is 4.79 Å². The summed E-state index contributed by atoms with van der Waals surface area (Å²) < 4.78 is 1.82. The Hall–Kier alpha value is -2.41. The van der Waals surface area contributed by atoms with E-state index in [0.29, 0.717) is 12.8 Å². The van der Waals surface area contributed by atoms with Crippen LogP contribution in [0.1, 0.15) is 18.4 Å². The van der Waals surface area contributed by atoms with Gasteiger partial charge in [0, 0.05) is 18.7 Å². The predicted octanol–water partition coefficient (Wildman–Crippen LogP) is 3.07. The lowest BCUT2D eigenvalue weighted by Crippen LogP contribution is -2.36. The molecule has 0 atom stereocenters. The molecular weight excluding hydrogens is 324 g/mol. The van der Waals surface area contributed by atoms with Gasteiger partial charge in [0.05, 0.1) is 17.8 Å². The van der Waals surface area contributed by atoms with E-state index >= 15 is 0 Å². The van der Waals surface area contributed by atoms with E-state index in [1.165, 1.54) is 5.56 Å². The number of aliphatic carboxylic acids is 1. The lowest BCUT2D eigenvalue weighted by Gasteiger charge is -2.29. The second kappa shape index (κ2) is 5.90. The molecule has 7 heteroatoms. The molecule has 0 saturated carbocycles. The van der Waals surface area contributed by atoms with Crippen LogP contribution >= 0.6 is 11.3 Å². The summed E-state index contributed by atoms with van der Waals surface area (Å²) in [6.07, 6.45) is 3.29. The molecule has 0 spiro atoms. The Morgan fingerprint density at radius 2 is 1.96 bits per heavy atom. The summed E-state index contributed by atoms with van der Waals surface area (Å²) in [6.45, 7) is 3.54. The van der Waals surface area contributed by atoms with Gasteiger partial charge in [-0.2, -0.15) is 0 Å². The minimum atomic E-state index is -0.689. The Kier molecular flexibility index (Phi) is 3.72. The zero-order chi connectivity index (χ0) is 16.7. The highest BCUT2D eigenvalue weighted by Crippen LogP contribution is 2.29. The summed E-state index contributed by atoms with van der Waals surface area (Å²) in [6, 6.07) is 8.29. The minimum Gasteiger partial charge on any atom is -0.481 e. The largest absolute Gasteiger partial charge is 0.481 e. The fraction of sp³-hybridized carbons (Fsp3) is 0.353. The molecule has 0 bridgehead atoms. The van der Waals surface area contributed by atoms with Crippen molar-refractivity contribution in [2.75, 3.05) is 18.0 Å². The maximum atomic E-state index is 11.0. The number of aromatic nitrogens is 3. The van der Waals surface area contributed by atoms with Crippen LogP contribution in [0.15, 0.2) is 30.5 Å². The number of nitrogens with zero attached hydrogens (tertiary/aromatic N) is 4. The Morgan fingerprint density at radius 1 is 1.25 bits per heavy atom. The topological polar surface area (TPSA) is 70.7 Å². The lowest BCUT2D eigenvalue weighted by atomic mass is 9.98. The number of carboxylic acid groups (broad SMARTS) is 1. The molecule has 1 aliphatic heterocycles. The van der Waals surface area contributed by atoms with Gasteiger partial charge < -0.3 is 10.0 Å².